The van der Waals surface area contributed by atoms with Crippen LogP contribution in [0.2, 0.25) is 0 Å². The molecule has 0 spiro atoms. The van der Waals surface area contributed by atoms with Crippen LogP contribution in [0, 0.1) is 5.82 Å². The molecule has 0 unspecified atom stereocenters. The number of halogens is 1. The topological polar surface area (TPSA) is 77.0 Å². The Hall–Kier alpha value is -3.33. The first-order valence-corrected chi connectivity index (χ1v) is 12.8. The number of benzene rings is 2. The van der Waals surface area contributed by atoms with Gasteiger partial charge in [0.2, 0.25) is 0 Å². The first kappa shape index (κ1) is 24.8. The van der Waals surface area contributed by atoms with Gasteiger partial charge in [0.05, 0.1) is 17.3 Å². The number of rotatable bonds is 6. The van der Waals surface area contributed by atoms with E-state index in [1.807, 2.05) is 43.9 Å². The Morgan fingerprint density at radius 2 is 1.80 bits per heavy atom. The Balaban J connectivity index is 1.64. The van der Waals surface area contributed by atoms with Gasteiger partial charge in [0, 0.05) is 36.8 Å². The van der Waals surface area contributed by atoms with Gasteiger partial charge in [-0.3, -0.25) is 4.79 Å². The van der Waals surface area contributed by atoms with E-state index in [2.05, 4.69) is 15.5 Å². The average Bonchev–Trinajstić information content (AvgIpc) is 2.84. The normalized spacial score (nSPS) is 17.4. The van der Waals surface area contributed by atoms with E-state index in [-0.39, 0.29) is 11.9 Å². The van der Waals surface area contributed by atoms with Crippen molar-refractivity contribution in [1.82, 2.24) is 9.80 Å². The van der Waals surface area contributed by atoms with Crippen molar-refractivity contribution in [3.05, 3.63) is 71.2 Å². The molecule has 0 aromatic heterocycles. The van der Waals surface area contributed by atoms with Gasteiger partial charge in [-0.2, -0.15) is 0 Å². The van der Waals surface area contributed by atoms with Crippen LogP contribution >= 0.6 is 11.8 Å². The summed E-state index contributed by atoms with van der Waals surface area (Å²) in [6.45, 7) is 7.89. The molecule has 0 aliphatic carbocycles. The zero-order valence-electron chi connectivity index (χ0n) is 20.2. The lowest BCUT2D eigenvalue weighted by Gasteiger charge is -2.41. The first-order chi connectivity index (χ1) is 16.9. The number of urea groups is 1. The van der Waals surface area contributed by atoms with Crippen molar-refractivity contribution in [2.45, 2.75) is 33.2 Å². The van der Waals surface area contributed by atoms with Gasteiger partial charge in [-0.05, 0) is 63.1 Å². The summed E-state index contributed by atoms with van der Waals surface area (Å²) < 4.78 is 13.5. The lowest BCUT2D eigenvalue weighted by atomic mass is 9.93. The van der Waals surface area contributed by atoms with Gasteiger partial charge in [-0.15, -0.1) is 0 Å². The maximum Gasteiger partial charge on any atom is 0.323 e. The highest BCUT2D eigenvalue weighted by atomic mass is 32.2. The summed E-state index contributed by atoms with van der Waals surface area (Å²) in [7, 11) is 0. The van der Waals surface area contributed by atoms with Crippen LogP contribution in [0.3, 0.4) is 0 Å². The SMILES string of the molecule is CCN(CC)C(=O)C1=C(C)N=C2SCCCN2[C@H]1c1cccc(NC(=O)Nc2cccc(F)c2)c1. The van der Waals surface area contributed by atoms with E-state index in [1.54, 1.807) is 23.9 Å². The van der Waals surface area contributed by atoms with Gasteiger partial charge >= 0.3 is 6.03 Å². The Bertz CT molecular complexity index is 1180. The molecule has 0 saturated carbocycles. The van der Waals surface area contributed by atoms with Crippen molar-refractivity contribution < 1.29 is 14.0 Å². The number of hydrogen-bond acceptors (Lipinski definition) is 5. The number of nitrogens with zero attached hydrogens (tertiary/aromatic N) is 3. The number of aliphatic imine (C=N–C) groups is 1. The number of likely N-dealkylation sites (N-methyl/N-ethyl adjacent to an activating group) is 1. The van der Waals surface area contributed by atoms with Gasteiger partial charge < -0.3 is 20.4 Å². The third-order valence-corrected chi connectivity index (χ3v) is 7.16. The van der Waals surface area contributed by atoms with Crippen LogP contribution < -0.4 is 10.6 Å². The summed E-state index contributed by atoms with van der Waals surface area (Å²) in [5.41, 5.74) is 3.24. The Labute approximate surface area is 209 Å². The molecule has 2 aromatic rings. The lowest BCUT2D eigenvalue weighted by Crippen LogP contribution is -2.45. The molecule has 0 bridgehead atoms. The monoisotopic (exact) mass is 495 g/mol. The number of nitrogens with one attached hydrogen (secondary N) is 2. The third kappa shape index (κ3) is 5.51. The summed E-state index contributed by atoms with van der Waals surface area (Å²) in [5, 5.41) is 6.40. The first-order valence-electron chi connectivity index (χ1n) is 11.8. The van der Waals surface area contributed by atoms with Gasteiger partial charge in [0.15, 0.2) is 5.17 Å². The molecule has 2 aliphatic rings. The second kappa shape index (κ2) is 10.9. The number of amides is 3. The molecule has 0 radical (unpaired) electrons. The highest BCUT2D eigenvalue weighted by molar-refractivity contribution is 8.13. The molecule has 1 fully saturated rings. The van der Waals surface area contributed by atoms with E-state index in [1.165, 1.54) is 18.2 Å². The van der Waals surface area contributed by atoms with Crippen LogP contribution in [0.4, 0.5) is 20.6 Å². The number of allylic oxidation sites excluding steroid dienone is 1. The summed E-state index contributed by atoms with van der Waals surface area (Å²) in [6, 6.07) is 12.5. The zero-order valence-corrected chi connectivity index (χ0v) is 21.0. The molecule has 184 valence electrons. The predicted octanol–water partition coefficient (Wildman–Crippen LogP) is 5.46. The summed E-state index contributed by atoms with van der Waals surface area (Å²) in [4.78, 5) is 34.9. The second-order valence-corrected chi connectivity index (χ2v) is 9.45. The number of carbonyl (C=O) groups excluding carboxylic acids is 2. The van der Waals surface area contributed by atoms with E-state index in [4.69, 9.17) is 4.99 Å². The zero-order chi connectivity index (χ0) is 24.9. The number of fused-ring (bicyclic) bond motifs is 1. The molecule has 4 rings (SSSR count). The lowest BCUT2D eigenvalue weighted by molar-refractivity contribution is -0.127. The third-order valence-electron chi connectivity index (χ3n) is 6.08. The predicted molar refractivity (Wildman–Crippen MR) is 140 cm³/mol. The minimum atomic E-state index is -0.474. The van der Waals surface area contributed by atoms with E-state index < -0.39 is 11.8 Å². The average molecular weight is 496 g/mol. The highest BCUT2D eigenvalue weighted by Gasteiger charge is 2.38. The molecule has 2 aliphatic heterocycles. The minimum absolute atomic E-state index is 0.0157. The molecular formula is C26H30FN5O2S. The Morgan fingerprint density at radius 1 is 1.11 bits per heavy atom. The molecule has 3 amide bonds. The molecule has 9 heteroatoms. The van der Waals surface area contributed by atoms with Crippen molar-refractivity contribution in [3.8, 4) is 0 Å². The Morgan fingerprint density at radius 3 is 2.49 bits per heavy atom. The Kier molecular flexibility index (Phi) is 7.75. The molecule has 2 N–H and O–H groups in total. The maximum atomic E-state index is 13.6. The minimum Gasteiger partial charge on any atom is -0.340 e. The van der Waals surface area contributed by atoms with E-state index in [0.717, 1.165) is 35.1 Å². The van der Waals surface area contributed by atoms with Gasteiger partial charge in [-0.1, -0.05) is 30.0 Å². The smallest absolute Gasteiger partial charge is 0.323 e. The van der Waals surface area contributed by atoms with Gasteiger partial charge in [0.25, 0.3) is 5.91 Å². The van der Waals surface area contributed by atoms with E-state index >= 15 is 0 Å². The van der Waals surface area contributed by atoms with Gasteiger partial charge in [-0.25, -0.2) is 14.2 Å². The number of anilines is 2. The molecular weight excluding hydrogens is 465 g/mol. The van der Waals surface area contributed by atoms with Crippen LogP contribution in [0.25, 0.3) is 0 Å². The number of hydrogen-bond donors (Lipinski definition) is 2. The van der Waals surface area contributed by atoms with Crippen LogP contribution in [0.15, 0.2) is 64.8 Å². The fraction of sp³-hybridized carbons (Fsp3) is 0.346. The molecule has 1 saturated heterocycles. The molecule has 2 heterocycles. The molecule has 1 atom stereocenters. The van der Waals surface area contributed by atoms with E-state index in [0.29, 0.717) is 30.0 Å². The van der Waals surface area contributed by atoms with Crippen molar-refractivity contribution in [2.24, 2.45) is 4.99 Å². The number of thioether (sulfide) groups is 1. The van der Waals surface area contributed by atoms with Crippen molar-refractivity contribution >= 4 is 40.2 Å². The molecule has 35 heavy (non-hydrogen) atoms. The quantitative estimate of drug-likeness (QED) is 0.558. The highest BCUT2D eigenvalue weighted by Crippen LogP contribution is 2.40. The summed E-state index contributed by atoms with van der Waals surface area (Å²) in [5.74, 6) is 0.556. The summed E-state index contributed by atoms with van der Waals surface area (Å²) in [6.07, 6.45) is 1.000. The van der Waals surface area contributed by atoms with Crippen LogP contribution in [-0.4, -0.2) is 52.3 Å². The molecule has 7 nitrogen and oxygen atoms in total. The summed E-state index contributed by atoms with van der Waals surface area (Å²) >= 11 is 1.71. The van der Waals surface area contributed by atoms with Crippen molar-refractivity contribution in [1.29, 1.82) is 0 Å². The van der Waals surface area contributed by atoms with Crippen LogP contribution in [0.1, 0.15) is 38.8 Å². The van der Waals surface area contributed by atoms with E-state index in [9.17, 15) is 14.0 Å². The fourth-order valence-electron chi connectivity index (χ4n) is 4.42. The maximum absolute atomic E-state index is 13.6. The standard InChI is InChI=1S/C26H30FN5O2S/c1-4-31(5-2)24(33)22-17(3)28-26-32(13-8-14-35-26)23(22)18-9-6-11-20(15-18)29-25(34)30-21-12-7-10-19(27)16-21/h6-7,9-12,15-16,23H,4-5,8,13-14H2,1-3H3,(H2,29,30,34)/t23-/m0/s1. The van der Waals surface area contributed by atoms with Crippen LogP contribution in [-0.2, 0) is 4.79 Å². The fourth-order valence-corrected chi connectivity index (χ4v) is 5.44. The van der Waals surface area contributed by atoms with Crippen LogP contribution in [0.5, 0.6) is 0 Å². The van der Waals surface area contributed by atoms with Crippen molar-refractivity contribution in [3.63, 3.8) is 0 Å². The largest absolute Gasteiger partial charge is 0.340 e. The van der Waals surface area contributed by atoms with Gasteiger partial charge in [0.1, 0.15) is 5.82 Å². The molecule has 2 aromatic carbocycles. The number of carbonyl (C=O) groups is 2. The van der Waals surface area contributed by atoms with Crippen molar-refractivity contribution in [2.75, 3.05) is 36.0 Å². The number of amidine groups is 1. The second-order valence-electron chi connectivity index (χ2n) is 8.38.